The zero-order valence-electron chi connectivity index (χ0n) is 21.1. The highest BCUT2D eigenvalue weighted by Crippen LogP contribution is 2.36. The van der Waals surface area contributed by atoms with Crippen LogP contribution in [0.25, 0.3) is 11.1 Å². The number of hydrogen-bond donors (Lipinski definition) is 1. The van der Waals surface area contributed by atoms with Crippen molar-refractivity contribution in [3.05, 3.63) is 76.4 Å². The van der Waals surface area contributed by atoms with Gasteiger partial charge in [-0.05, 0) is 43.5 Å². The molecule has 0 aliphatic heterocycles. The number of hydrogen-bond acceptors (Lipinski definition) is 8. The minimum absolute atomic E-state index is 0.102. The number of carbonyl (C=O) groups is 2. The third kappa shape index (κ3) is 6.20. The Balaban J connectivity index is 1.41. The lowest BCUT2D eigenvalue weighted by atomic mass is 10.0. The van der Waals surface area contributed by atoms with Gasteiger partial charge in [0.15, 0.2) is 11.0 Å². The van der Waals surface area contributed by atoms with Gasteiger partial charge in [0.25, 0.3) is 0 Å². The largest absolute Gasteiger partial charge is 0.485 e. The van der Waals surface area contributed by atoms with Crippen molar-refractivity contribution in [3.63, 3.8) is 0 Å². The molecule has 4 rings (SSSR count). The molecule has 0 spiro atoms. The van der Waals surface area contributed by atoms with E-state index in [1.165, 1.54) is 23.1 Å². The van der Waals surface area contributed by atoms with Gasteiger partial charge in [0.1, 0.15) is 22.9 Å². The fourth-order valence-corrected chi connectivity index (χ4v) is 5.30. The maximum Gasteiger partial charge on any atom is 0.341 e. The molecular formula is C27H28N4O4S2. The Morgan fingerprint density at radius 3 is 2.62 bits per heavy atom. The summed E-state index contributed by atoms with van der Waals surface area (Å²) in [6, 6.07) is 15.5. The number of aromatic nitrogens is 3. The summed E-state index contributed by atoms with van der Waals surface area (Å²) >= 11 is 2.56. The lowest BCUT2D eigenvalue weighted by Crippen LogP contribution is -2.16. The number of aryl methyl sites for hydroxylation is 1. The average Bonchev–Trinajstić information content (AvgIpc) is 3.47. The van der Waals surface area contributed by atoms with Crippen molar-refractivity contribution in [2.24, 2.45) is 7.05 Å². The van der Waals surface area contributed by atoms with Crippen LogP contribution in [0.3, 0.4) is 0 Å². The molecule has 0 saturated carbocycles. The number of anilines is 1. The quantitative estimate of drug-likeness (QED) is 0.207. The molecule has 192 valence electrons. The first kappa shape index (κ1) is 26.4. The Hall–Kier alpha value is -3.63. The Morgan fingerprint density at radius 1 is 1.08 bits per heavy atom. The fraction of sp³-hybridized carbons (Fsp3) is 0.259. The second-order valence-corrected chi connectivity index (χ2v) is 10.0. The summed E-state index contributed by atoms with van der Waals surface area (Å²) in [7, 11) is 1.84. The molecule has 37 heavy (non-hydrogen) atoms. The predicted octanol–water partition coefficient (Wildman–Crippen LogP) is 5.65. The van der Waals surface area contributed by atoms with E-state index in [0.717, 1.165) is 28.0 Å². The van der Waals surface area contributed by atoms with E-state index in [-0.39, 0.29) is 24.9 Å². The monoisotopic (exact) mass is 536 g/mol. The van der Waals surface area contributed by atoms with Crippen molar-refractivity contribution < 1.29 is 19.1 Å². The summed E-state index contributed by atoms with van der Waals surface area (Å²) in [5, 5.41) is 14.2. The van der Waals surface area contributed by atoms with Gasteiger partial charge in [0.2, 0.25) is 5.91 Å². The number of benzene rings is 2. The normalized spacial score (nSPS) is 10.8. The number of nitrogens with zero attached hydrogens (tertiary/aromatic N) is 3. The number of thiophene rings is 1. The minimum atomic E-state index is -0.465. The number of ether oxygens (including phenoxy) is 2. The summed E-state index contributed by atoms with van der Waals surface area (Å²) < 4.78 is 13.0. The average molecular weight is 537 g/mol. The number of rotatable bonds is 10. The SMILES string of the molecule is CCOC(=O)c1c(-c2ccccc2)csc1NC(=O)CSc1nnc(COc2cccc(C)c2C)n1C. The van der Waals surface area contributed by atoms with Gasteiger partial charge < -0.3 is 19.4 Å². The van der Waals surface area contributed by atoms with Gasteiger partial charge >= 0.3 is 5.97 Å². The molecule has 2 aromatic carbocycles. The summed E-state index contributed by atoms with van der Waals surface area (Å²) in [6.07, 6.45) is 0. The van der Waals surface area contributed by atoms with Crippen LogP contribution in [0.2, 0.25) is 0 Å². The van der Waals surface area contributed by atoms with Crippen molar-refractivity contribution in [3.8, 4) is 16.9 Å². The fourth-order valence-electron chi connectivity index (χ4n) is 3.60. The molecule has 0 atom stereocenters. The third-order valence-electron chi connectivity index (χ3n) is 5.78. The van der Waals surface area contributed by atoms with Gasteiger partial charge in [0, 0.05) is 18.0 Å². The molecule has 1 amide bonds. The van der Waals surface area contributed by atoms with Gasteiger partial charge in [-0.3, -0.25) is 4.79 Å². The van der Waals surface area contributed by atoms with Gasteiger partial charge in [0.05, 0.1) is 12.4 Å². The Labute approximate surface area is 224 Å². The Morgan fingerprint density at radius 2 is 1.86 bits per heavy atom. The zero-order valence-corrected chi connectivity index (χ0v) is 22.7. The lowest BCUT2D eigenvalue weighted by Gasteiger charge is -2.10. The molecule has 0 aliphatic carbocycles. The van der Waals surface area contributed by atoms with Gasteiger partial charge in [-0.25, -0.2) is 4.79 Å². The topological polar surface area (TPSA) is 95.3 Å². The van der Waals surface area contributed by atoms with Crippen LogP contribution in [-0.2, 0) is 23.2 Å². The summed E-state index contributed by atoms with van der Waals surface area (Å²) in [5.74, 6) is 0.838. The van der Waals surface area contributed by atoms with Crippen LogP contribution in [0.5, 0.6) is 5.75 Å². The molecule has 0 aliphatic rings. The molecule has 0 bridgehead atoms. The van der Waals surface area contributed by atoms with Crippen LogP contribution >= 0.6 is 23.1 Å². The smallest absolute Gasteiger partial charge is 0.341 e. The molecule has 2 heterocycles. The van der Waals surface area contributed by atoms with Crippen LogP contribution < -0.4 is 10.1 Å². The predicted molar refractivity (Wildman–Crippen MR) is 146 cm³/mol. The van der Waals surface area contributed by atoms with E-state index in [4.69, 9.17) is 9.47 Å². The second kappa shape index (κ2) is 12.1. The van der Waals surface area contributed by atoms with E-state index in [1.807, 2.05) is 79.4 Å². The van der Waals surface area contributed by atoms with E-state index >= 15 is 0 Å². The Kier molecular flexibility index (Phi) is 8.62. The van der Waals surface area contributed by atoms with Crippen LogP contribution in [0.4, 0.5) is 5.00 Å². The van der Waals surface area contributed by atoms with Crippen LogP contribution in [0.1, 0.15) is 34.2 Å². The second-order valence-electron chi connectivity index (χ2n) is 8.22. The van der Waals surface area contributed by atoms with Crippen LogP contribution in [0, 0.1) is 13.8 Å². The first-order chi connectivity index (χ1) is 17.9. The van der Waals surface area contributed by atoms with Crippen molar-refractivity contribution in [2.75, 3.05) is 17.7 Å². The summed E-state index contributed by atoms with van der Waals surface area (Å²) in [6.45, 7) is 6.32. The molecule has 2 aromatic heterocycles. The minimum Gasteiger partial charge on any atom is -0.485 e. The van der Waals surface area contributed by atoms with Crippen LogP contribution in [0.15, 0.2) is 59.1 Å². The van der Waals surface area contributed by atoms with Gasteiger partial charge in [-0.15, -0.1) is 21.5 Å². The van der Waals surface area contributed by atoms with Crippen molar-refractivity contribution >= 4 is 40.0 Å². The molecule has 10 heteroatoms. The zero-order chi connectivity index (χ0) is 26.4. The molecule has 0 radical (unpaired) electrons. The van der Waals surface area contributed by atoms with Gasteiger partial charge in [-0.2, -0.15) is 0 Å². The molecule has 0 fully saturated rings. The third-order valence-corrected chi connectivity index (χ3v) is 7.69. The van der Waals surface area contributed by atoms with Gasteiger partial charge in [-0.1, -0.05) is 54.2 Å². The number of amides is 1. The van der Waals surface area contributed by atoms with Crippen molar-refractivity contribution in [1.82, 2.24) is 14.8 Å². The Bertz CT molecular complexity index is 1400. The number of thioether (sulfide) groups is 1. The number of carbonyl (C=O) groups excluding carboxylic acids is 2. The summed E-state index contributed by atoms with van der Waals surface area (Å²) in [4.78, 5) is 25.5. The first-order valence-corrected chi connectivity index (χ1v) is 13.6. The van der Waals surface area contributed by atoms with E-state index in [2.05, 4.69) is 15.5 Å². The molecule has 0 saturated heterocycles. The number of nitrogens with one attached hydrogen (secondary N) is 1. The maximum absolute atomic E-state index is 12.8. The van der Waals surface area contributed by atoms with Crippen molar-refractivity contribution in [2.45, 2.75) is 32.5 Å². The summed E-state index contributed by atoms with van der Waals surface area (Å²) in [5.41, 5.74) is 4.22. The maximum atomic E-state index is 12.8. The van der Waals surface area contributed by atoms with E-state index in [1.54, 1.807) is 6.92 Å². The van der Waals surface area contributed by atoms with E-state index in [0.29, 0.717) is 21.5 Å². The molecule has 0 unspecified atom stereocenters. The molecule has 1 N–H and O–H groups in total. The highest BCUT2D eigenvalue weighted by molar-refractivity contribution is 7.99. The number of esters is 1. The molecular weight excluding hydrogens is 508 g/mol. The highest BCUT2D eigenvalue weighted by Gasteiger charge is 2.23. The highest BCUT2D eigenvalue weighted by atomic mass is 32.2. The standard InChI is InChI=1S/C27H28N4O4S2/c1-5-34-26(33)24-20(19-11-7-6-8-12-19)15-36-25(24)28-23(32)16-37-27-30-29-22(31(27)4)14-35-21-13-9-10-17(2)18(21)3/h6-13,15H,5,14,16H2,1-4H3,(H,28,32). The lowest BCUT2D eigenvalue weighted by molar-refractivity contribution is -0.113. The van der Waals surface area contributed by atoms with E-state index in [9.17, 15) is 9.59 Å². The first-order valence-electron chi connectivity index (χ1n) is 11.7. The molecule has 8 nitrogen and oxygen atoms in total. The van der Waals surface area contributed by atoms with Crippen LogP contribution in [-0.4, -0.2) is 39.0 Å². The van der Waals surface area contributed by atoms with E-state index < -0.39 is 5.97 Å². The molecule has 4 aromatic rings. The van der Waals surface area contributed by atoms with Crippen molar-refractivity contribution in [1.29, 1.82) is 0 Å².